The van der Waals surface area contributed by atoms with Crippen LogP contribution in [-0.4, -0.2) is 36.0 Å². The van der Waals surface area contributed by atoms with E-state index in [9.17, 15) is 0 Å². The predicted octanol–water partition coefficient (Wildman–Crippen LogP) is 5.07. The second-order valence-corrected chi connectivity index (χ2v) is 8.76. The van der Waals surface area contributed by atoms with Crippen LogP contribution in [0.2, 0.25) is 0 Å². The van der Waals surface area contributed by atoms with Crippen molar-refractivity contribution in [1.29, 1.82) is 0 Å². The van der Waals surface area contributed by atoms with Crippen molar-refractivity contribution in [3.8, 4) is 0 Å². The largest absolute Gasteiger partial charge is 0.369 e. The Morgan fingerprint density at radius 2 is 1.92 bits per heavy atom. The van der Waals surface area contributed by atoms with Crippen molar-refractivity contribution in [2.75, 3.05) is 13.2 Å². The molecule has 24 heavy (non-hydrogen) atoms. The first-order valence-electron chi connectivity index (χ1n) is 9.97. The molecule has 0 aromatic heterocycles. The van der Waals surface area contributed by atoms with Gasteiger partial charge in [-0.3, -0.25) is 0 Å². The molecule has 2 aliphatic heterocycles. The lowest BCUT2D eigenvalue weighted by atomic mass is 9.76. The van der Waals surface area contributed by atoms with Crippen LogP contribution in [0.4, 0.5) is 0 Å². The van der Waals surface area contributed by atoms with Crippen LogP contribution in [0.3, 0.4) is 0 Å². The zero-order valence-corrected chi connectivity index (χ0v) is 17.0. The summed E-state index contributed by atoms with van der Waals surface area (Å²) in [5.41, 5.74) is 1.31. The smallest absolute Gasteiger partial charge is 0.166 e. The number of allylic oxidation sites excluding steroid dienone is 1. The topological polar surface area (TPSA) is 21.7 Å². The van der Waals surface area contributed by atoms with E-state index in [1.807, 2.05) is 0 Å². The van der Waals surface area contributed by atoms with Gasteiger partial charge in [0.05, 0.1) is 6.61 Å². The molecule has 2 saturated heterocycles. The van der Waals surface area contributed by atoms with Crippen LogP contribution >= 0.6 is 0 Å². The van der Waals surface area contributed by atoms with E-state index in [-0.39, 0.29) is 11.9 Å². The summed E-state index contributed by atoms with van der Waals surface area (Å²) < 4.78 is 12.3. The highest BCUT2D eigenvalue weighted by Gasteiger charge is 2.46. The second-order valence-electron chi connectivity index (χ2n) is 8.76. The van der Waals surface area contributed by atoms with Gasteiger partial charge in [-0.1, -0.05) is 47.6 Å². The van der Waals surface area contributed by atoms with Crippen molar-refractivity contribution < 1.29 is 9.47 Å². The summed E-state index contributed by atoms with van der Waals surface area (Å²) in [7, 11) is 0. The quantitative estimate of drug-likeness (QED) is 0.647. The van der Waals surface area contributed by atoms with Gasteiger partial charge in [0.25, 0.3) is 0 Å². The standard InChI is InChI=1S/C21H39NO2/c1-9-10-11-21(8)23-13-18(24-21)12-22-16(6)19(14(2)3)20(15(4)5)17(22)7/h14-15,17-20H,6,9-13H2,1-5,7-8H3. The lowest BCUT2D eigenvalue weighted by molar-refractivity contribution is -0.160. The Bertz CT molecular complexity index is 434. The van der Waals surface area contributed by atoms with Gasteiger partial charge in [-0.25, -0.2) is 0 Å². The summed E-state index contributed by atoms with van der Waals surface area (Å²) in [5, 5.41) is 0. The molecule has 0 spiro atoms. The molecule has 3 heteroatoms. The minimum absolute atomic E-state index is 0.157. The van der Waals surface area contributed by atoms with Crippen molar-refractivity contribution >= 4 is 0 Å². The summed E-state index contributed by atoms with van der Waals surface area (Å²) in [5.74, 6) is 2.16. The van der Waals surface area contributed by atoms with E-state index in [2.05, 4.69) is 59.9 Å². The average Bonchev–Trinajstić information content (AvgIpc) is 2.98. The van der Waals surface area contributed by atoms with Gasteiger partial charge in [0.2, 0.25) is 0 Å². The highest BCUT2D eigenvalue weighted by atomic mass is 16.7. The molecule has 0 bridgehead atoms. The molecule has 3 nitrogen and oxygen atoms in total. The number of hydrogen-bond acceptors (Lipinski definition) is 3. The number of nitrogens with zero attached hydrogens (tertiary/aromatic N) is 1. The molecule has 0 aromatic carbocycles. The molecular weight excluding hydrogens is 298 g/mol. The van der Waals surface area contributed by atoms with E-state index < -0.39 is 0 Å². The zero-order valence-electron chi connectivity index (χ0n) is 17.0. The van der Waals surface area contributed by atoms with Gasteiger partial charge in [0.1, 0.15) is 6.10 Å². The molecule has 5 atom stereocenters. The third-order valence-corrected chi connectivity index (χ3v) is 6.08. The molecule has 2 heterocycles. The van der Waals surface area contributed by atoms with Gasteiger partial charge in [-0.05, 0) is 38.0 Å². The lowest BCUT2D eigenvalue weighted by Gasteiger charge is -2.31. The molecule has 0 radical (unpaired) electrons. The second kappa shape index (κ2) is 7.78. The van der Waals surface area contributed by atoms with Crippen LogP contribution in [0, 0.1) is 23.7 Å². The van der Waals surface area contributed by atoms with Gasteiger partial charge in [0.15, 0.2) is 5.79 Å². The fourth-order valence-electron chi connectivity index (χ4n) is 4.90. The van der Waals surface area contributed by atoms with E-state index >= 15 is 0 Å². The van der Waals surface area contributed by atoms with Gasteiger partial charge in [-0.2, -0.15) is 0 Å². The van der Waals surface area contributed by atoms with Crippen LogP contribution < -0.4 is 0 Å². The number of likely N-dealkylation sites (tertiary alicyclic amines) is 1. The average molecular weight is 338 g/mol. The van der Waals surface area contributed by atoms with Crippen LogP contribution in [0.1, 0.15) is 67.7 Å². The summed E-state index contributed by atoms with van der Waals surface area (Å²) in [6.45, 7) is 22.1. The van der Waals surface area contributed by atoms with E-state index in [1.54, 1.807) is 0 Å². The molecule has 2 rings (SSSR count). The van der Waals surface area contributed by atoms with E-state index in [4.69, 9.17) is 9.47 Å². The van der Waals surface area contributed by atoms with Crippen molar-refractivity contribution in [1.82, 2.24) is 4.90 Å². The molecule has 5 unspecified atom stereocenters. The van der Waals surface area contributed by atoms with E-state index in [0.717, 1.165) is 19.4 Å². The highest BCUT2D eigenvalue weighted by molar-refractivity contribution is 5.14. The Morgan fingerprint density at radius 3 is 2.42 bits per heavy atom. The Kier molecular flexibility index (Phi) is 6.41. The molecule has 2 fully saturated rings. The van der Waals surface area contributed by atoms with Crippen molar-refractivity contribution in [2.24, 2.45) is 23.7 Å². The maximum Gasteiger partial charge on any atom is 0.166 e. The first kappa shape index (κ1) is 19.8. The Morgan fingerprint density at radius 1 is 1.25 bits per heavy atom. The van der Waals surface area contributed by atoms with E-state index in [0.29, 0.717) is 36.3 Å². The fraction of sp³-hybridized carbons (Fsp3) is 0.905. The summed E-state index contributed by atoms with van der Waals surface area (Å²) >= 11 is 0. The minimum Gasteiger partial charge on any atom is -0.369 e. The Hall–Kier alpha value is -0.540. The molecule has 0 aromatic rings. The monoisotopic (exact) mass is 337 g/mol. The Balaban J connectivity index is 2.03. The first-order chi connectivity index (χ1) is 11.2. The normalized spacial score (nSPS) is 37.2. The number of unbranched alkanes of at least 4 members (excludes halogenated alkanes) is 1. The van der Waals surface area contributed by atoms with Crippen LogP contribution in [0.5, 0.6) is 0 Å². The molecule has 0 saturated carbocycles. The first-order valence-corrected chi connectivity index (χ1v) is 9.97. The number of rotatable bonds is 7. The van der Waals surface area contributed by atoms with Crippen molar-refractivity contribution in [2.45, 2.75) is 85.7 Å². The molecule has 0 N–H and O–H groups in total. The molecule has 140 valence electrons. The number of hydrogen-bond donors (Lipinski definition) is 0. The predicted molar refractivity (Wildman–Crippen MR) is 101 cm³/mol. The maximum atomic E-state index is 6.30. The summed E-state index contributed by atoms with van der Waals surface area (Å²) in [4.78, 5) is 2.51. The fourth-order valence-corrected chi connectivity index (χ4v) is 4.90. The maximum absolute atomic E-state index is 6.30. The van der Waals surface area contributed by atoms with Crippen molar-refractivity contribution in [3.05, 3.63) is 12.3 Å². The SMILES string of the molecule is C=C1C(C(C)C)C(C(C)C)C(C)N1CC1COC(C)(CCCC)O1. The van der Waals surface area contributed by atoms with Gasteiger partial charge in [-0.15, -0.1) is 0 Å². The van der Waals surface area contributed by atoms with Crippen LogP contribution in [0.15, 0.2) is 12.3 Å². The van der Waals surface area contributed by atoms with Gasteiger partial charge in [0, 0.05) is 30.6 Å². The third-order valence-electron chi connectivity index (χ3n) is 6.08. The minimum atomic E-state index is -0.389. The Labute approximate surface area is 149 Å². The van der Waals surface area contributed by atoms with E-state index in [1.165, 1.54) is 12.1 Å². The summed E-state index contributed by atoms with van der Waals surface area (Å²) in [6.07, 6.45) is 3.48. The third kappa shape index (κ3) is 3.99. The van der Waals surface area contributed by atoms with Gasteiger partial charge < -0.3 is 14.4 Å². The van der Waals surface area contributed by atoms with Crippen molar-refractivity contribution in [3.63, 3.8) is 0 Å². The zero-order chi connectivity index (χ0) is 18.1. The van der Waals surface area contributed by atoms with Gasteiger partial charge >= 0.3 is 0 Å². The molecular formula is C21H39NO2. The number of ether oxygens (including phenoxy) is 2. The molecule has 2 aliphatic rings. The molecule has 0 aliphatic carbocycles. The highest BCUT2D eigenvalue weighted by Crippen LogP contribution is 2.45. The van der Waals surface area contributed by atoms with Crippen LogP contribution in [-0.2, 0) is 9.47 Å². The lowest BCUT2D eigenvalue weighted by Crippen LogP contribution is -2.38. The molecule has 0 amide bonds. The van der Waals surface area contributed by atoms with Crippen LogP contribution in [0.25, 0.3) is 0 Å². The summed E-state index contributed by atoms with van der Waals surface area (Å²) in [6, 6.07) is 0.524.